The van der Waals surface area contributed by atoms with Crippen LogP contribution in [0.15, 0.2) is 24.3 Å². The van der Waals surface area contributed by atoms with Gasteiger partial charge in [0, 0.05) is 12.3 Å². The van der Waals surface area contributed by atoms with E-state index in [9.17, 15) is 4.79 Å². The zero-order valence-corrected chi connectivity index (χ0v) is 14.3. The number of rotatable bonds is 10. The molecule has 0 spiro atoms. The maximum Gasteiger partial charge on any atom is 0.256 e. The maximum absolute atomic E-state index is 12.6. The van der Waals surface area contributed by atoms with E-state index in [2.05, 4.69) is 12.2 Å². The Hall–Kier alpha value is -1.55. The molecule has 1 aromatic carbocycles. The number of hydrogen-bond donors (Lipinski definition) is 1. The van der Waals surface area contributed by atoms with Gasteiger partial charge in [0.1, 0.15) is 11.4 Å². The van der Waals surface area contributed by atoms with Crippen LogP contribution in [0.4, 0.5) is 5.69 Å². The van der Waals surface area contributed by atoms with Crippen molar-refractivity contribution in [2.24, 2.45) is 0 Å². The third kappa shape index (κ3) is 5.68. The van der Waals surface area contributed by atoms with Gasteiger partial charge < -0.3 is 14.8 Å². The number of hydrogen-bond acceptors (Lipinski definition) is 3. The Bertz CT molecular complexity index is 434. The molecular weight excluding hydrogens is 278 g/mol. The van der Waals surface area contributed by atoms with E-state index < -0.39 is 5.60 Å². The summed E-state index contributed by atoms with van der Waals surface area (Å²) >= 11 is 0. The Morgan fingerprint density at radius 2 is 1.82 bits per heavy atom. The van der Waals surface area contributed by atoms with Crippen molar-refractivity contribution < 1.29 is 14.3 Å². The summed E-state index contributed by atoms with van der Waals surface area (Å²) in [5, 5.41) is 2.95. The molecular formula is C18H29NO3. The van der Waals surface area contributed by atoms with Gasteiger partial charge in [-0.1, -0.05) is 26.7 Å². The largest absolute Gasteiger partial charge is 0.494 e. The van der Waals surface area contributed by atoms with Gasteiger partial charge in [0.15, 0.2) is 0 Å². The SMILES string of the molecule is CCCC[C@@](C)(OCCC)C(=O)Nc1ccc(OCC)cc1. The topological polar surface area (TPSA) is 47.6 Å². The van der Waals surface area contributed by atoms with E-state index in [1.807, 2.05) is 45.0 Å². The quantitative estimate of drug-likeness (QED) is 0.697. The Morgan fingerprint density at radius 3 is 2.36 bits per heavy atom. The second-order valence-electron chi connectivity index (χ2n) is 5.59. The lowest BCUT2D eigenvalue weighted by Crippen LogP contribution is -2.43. The molecule has 4 heteroatoms. The maximum atomic E-state index is 12.6. The summed E-state index contributed by atoms with van der Waals surface area (Å²) in [6.45, 7) is 9.21. The van der Waals surface area contributed by atoms with Gasteiger partial charge in [0.05, 0.1) is 6.61 Å². The van der Waals surface area contributed by atoms with E-state index in [0.29, 0.717) is 13.2 Å². The molecule has 0 aliphatic heterocycles. The van der Waals surface area contributed by atoms with Crippen LogP contribution in [0.1, 0.15) is 53.4 Å². The molecule has 0 bridgehead atoms. The number of anilines is 1. The molecule has 1 N–H and O–H groups in total. The van der Waals surface area contributed by atoms with Crippen molar-refractivity contribution in [3.63, 3.8) is 0 Å². The monoisotopic (exact) mass is 307 g/mol. The molecule has 0 unspecified atom stereocenters. The number of carbonyl (C=O) groups is 1. The minimum atomic E-state index is -0.773. The molecule has 0 aromatic heterocycles. The van der Waals surface area contributed by atoms with Crippen molar-refractivity contribution >= 4 is 11.6 Å². The Morgan fingerprint density at radius 1 is 1.14 bits per heavy atom. The molecule has 0 aliphatic carbocycles. The van der Waals surface area contributed by atoms with Gasteiger partial charge in [0.25, 0.3) is 5.91 Å². The summed E-state index contributed by atoms with van der Waals surface area (Å²) in [6.07, 6.45) is 3.64. The van der Waals surface area contributed by atoms with E-state index in [0.717, 1.165) is 37.1 Å². The van der Waals surface area contributed by atoms with Crippen molar-refractivity contribution in [2.45, 2.75) is 59.0 Å². The number of carbonyl (C=O) groups excluding carboxylic acids is 1. The molecule has 0 fully saturated rings. The summed E-state index contributed by atoms with van der Waals surface area (Å²) in [5.41, 5.74) is -0.0128. The van der Waals surface area contributed by atoms with Gasteiger partial charge in [0.2, 0.25) is 0 Å². The second-order valence-corrected chi connectivity index (χ2v) is 5.59. The normalized spacial score (nSPS) is 13.5. The van der Waals surface area contributed by atoms with E-state index >= 15 is 0 Å². The highest BCUT2D eigenvalue weighted by Gasteiger charge is 2.33. The molecule has 0 saturated carbocycles. The molecule has 1 rings (SSSR count). The Balaban J connectivity index is 2.72. The van der Waals surface area contributed by atoms with Crippen LogP contribution in [-0.4, -0.2) is 24.7 Å². The molecule has 1 amide bonds. The van der Waals surface area contributed by atoms with E-state index in [4.69, 9.17) is 9.47 Å². The van der Waals surface area contributed by atoms with Crippen molar-refractivity contribution in [1.29, 1.82) is 0 Å². The summed E-state index contributed by atoms with van der Waals surface area (Å²) in [6, 6.07) is 7.41. The van der Waals surface area contributed by atoms with Crippen LogP contribution in [0.25, 0.3) is 0 Å². The Labute approximate surface area is 134 Å². The summed E-state index contributed by atoms with van der Waals surface area (Å²) in [5.74, 6) is 0.718. The lowest BCUT2D eigenvalue weighted by molar-refractivity contribution is -0.140. The van der Waals surface area contributed by atoms with Crippen LogP contribution >= 0.6 is 0 Å². The number of ether oxygens (including phenoxy) is 2. The smallest absolute Gasteiger partial charge is 0.256 e. The first-order chi connectivity index (χ1) is 10.6. The average Bonchev–Trinajstić information content (AvgIpc) is 2.53. The number of amides is 1. The van der Waals surface area contributed by atoms with Gasteiger partial charge in [-0.05, 0) is 51.0 Å². The molecule has 0 aliphatic rings. The predicted octanol–water partition coefficient (Wildman–Crippen LogP) is 4.40. The lowest BCUT2D eigenvalue weighted by Gasteiger charge is -2.28. The van der Waals surface area contributed by atoms with E-state index in [-0.39, 0.29) is 5.91 Å². The summed E-state index contributed by atoms with van der Waals surface area (Å²) < 4.78 is 11.2. The molecule has 0 heterocycles. The summed E-state index contributed by atoms with van der Waals surface area (Å²) in [7, 11) is 0. The van der Waals surface area contributed by atoms with Gasteiger partial charge in [-0.2, -0.15) is 0 Å². The molecule has 1 atom stereocenters. The highest BCUT2D eigenvalue weighted by molar-refractivity contribution is 5.97. The first-order valence-corrected chi connectivity index (χ1v) is 8.24. The fraction of sp³-hybridized carbons (Fsp3) is 0.611. The van der Waals surface area contributed by atoms with Gasteiger partial charge in [-0.25, -0.2) is 0 Å². The zero-order chi connectivity index (χ0) is 16.4. The van der Waals surface area contributed by atoms with Crippen molar-refractivity contribution in [2.75, 3.05) is 18.5 Å². The van der Waals surface area contributed by atoms with E-state index in [1.54, 1.807) is 0 Å². The second kappa shape index (κ2) is 9.46. The molecule has 1 aromatic rings. The lowest BCUT2D eigenvalue weighted by atomic mass is 9.97. The molecule has 124 valence electrons. The fourth-order valence-corrected chi connectivity index (χ4v) is 2.16. The van der Waals surface area contributed by atoms with E-state index in [1.165, 1.54) is 0 Å². The molecule has 0 radical (unpaired) electrons. The Kier molecular flexibility index (Phi) is 7.96. The van der Waals surface area contributed by atoms with Gasteiger partial charge >= 0.3 is 0 Å². The predicted molar refractivity (Wildman–Crippen MR) is 90.4 cm³/mol. The minimum absolute atomic E-state index is 0.0847. The number of benzene rings is 1. The highest BCUT2D eigenvalue weighted by atomic mass is 16.5. The van der Waals surface area contributed by atoms with Crippen LogP contribution in [0.5, 0.6) is 5.75 Å². The van der Waals surface area contributed by atoms with Crippen LogP contribution in [0.2, 0.25) is 0 Å². The molecule has 4 nitrogen and oxygen atoms in total. The summed E-state index contributed by atoms with van der Waals surface area (Å²) in [4.78, 5) is 12.6. The zero-order valence-electron chi connectivity index (χ0n) is 14.3. The van der Waals surface area contributed by atoms with Crippen molar-refractivity contribution in [3.05, 3.63) is 24.3 Å². The van der Waals surface area contributed by atoms with Crippen LogP contribution < -0.4 is 10.1 Å². The standard InChI is InChI=1S/C18H29NO3/c1-5-8-13-18(4,22-14-6-2)17(20)19-15-9-11-16(12-10-15)21-7-3/h9-12H,5-8,13-14H2,1-4H3,(H,19,20)/t18-/m1/s1. The van der Waals surface area contributed by atoms with Crippen molar-refractivity contribution in [1.82, 2.24) is 0 Å². The van der Waals surface area contributed by atoms with Crippen molar-refractivity contribution in [3.8, 4) is 5.75 Å². The average molecular weight is 307 g/mol. The first kappa shape index (κ1) is 18.5. The number of unbranched alkanes of at least 4 members (excludes halogenated alkanes) is 1. The number of nitrogens with one attached hydrogen (secondary N) is 1. The van der Waals surface area contributed by atoms with Crippen LogP contribution in [0.3, 0.4) is 0 Å². The van der Waals surface area contributed by atoms with Crippen LogP contribution in [0, 0.1) is 0 Å². The minimum Gasteiger partial charge on any atom is -0.494 e. The third-order valence-electron chi connectivity index (χ3n) is 3.54. The van der Waals surface area contributed by atoms with Gasteiger partial charge in [-0.15, -0.1) is 0 Å². The molecule has 22 heavy (non-hydrogen) atoms. The third-order valence-corrected chi connectivity index (χ3v) is 3.54. The van der Waals surface area contributed by atoms with Crippen LogP contribution in [-0.2, 0) is 9.53 Å². The molecule has 0 saturated heterocycles. The first-order valence-electron chi connectivity index (χ1n) is 8.24. The fourth-order valence-electron chi connectivity index (χ4n) is 2.16. The highest BCUT2D eigenvalue weighted by Crippen LogP contribution is 2.23. The van der Waals surface area contributed by atoms with Gasteiger partial charge in [-0.3, -0.25) is 4.79 Å².